The van der Waals surface area contributed by atoms with Crippen LogP contribution in [0.4, 0.5) is 0 Å². The summed E-state index contributed by atoms with van der Waals surface area (Å²) in [4.78, 5) is 90.4. The molecule has 0 spiro atoms. The van der Waals surface area contributed by atoms with Crippen LogP contribution in [-0.4, -0.2) is 113 Å². The van der Waals surface area contributed by atoms with Crippen LogP contribution in [0.25, 0.3) is 0 Å². The van der Waals surface area contributed by atoms with Gasteiger partial charge in [-0.15, -0.1) is 0 Å². The van der Waals surface area contributed by atoms with Gasteiger partial charge < -0.3 is 38.6 Å². The fourth-order valence-corrected chi connectivity index (χ4v) is 5.09. The Balaban J connectivity index is 2.34. The molecule has 0 saturated heterocycles. The Kier molecular flexibility index (Phi) is 14.3. The van der Waals surface area contributed by atoms with Crippen molar-refractivity contribution in [3.05, 3.63) is 31.5 Å². The number of rotatable bonds is 17. The molecule has 260 valence electrons. The summed E-state index contributed by atoms with van der Waals surface area (Å²) in [5, 5.41) is 20.6. The molecule has 1 fully saturated rings. The minimum atomic E-state index is -1.68. The maximum atomic E-state index is 13.3. The van der Waals surface area contributed by atoms with Crippen molar-refractivity contribution < 1.29 is 57.8 Å². The normalized spacial score (nSPS) is 21.7. The van der Waals surface area contributed by atoms with E-state index >= 15 is 0 Å². The van der Waals surface area contributed by atoms with Gasteiger partial charge in [0.2, 0.25) is 0 Å². The van der Waals surface area contributed by atoms with Gasteiger partial charge in [-0.05, 0) is 20.3 Å². The zero-order valence-corrected chi connectivity index (χ0v) is 26.9. The largest absolute Gasteiger partial charge is 0.469 e. The highest BCUT2D eigenvalue weighted by Crippen LogP contribution is 2.49. The molecule has 2 N–H and O–H groups in total. The summed E-state index contributed by atoms with van der Waals surface area (Å²) in [7, 11) is 4.88. The van der Waals surface area contributed by atoms with Gasteiger partial charge in [0.25, 0.3) is 0 Å². The van der Waals surface area contributed by atoms with Crippen molar-refractivity contribution in [2.75, 3.05) is 41.2 Å². The maximum absolute atomic E-state index is 13.3. The van der Waals surface area contributed by atoms with Gasteiger partial charge in [0, 0.05) is 21.3 Å². The Morgan fingerprint density at radius 2 is 1.09 bits per heavy atom. The van der Waals surface area contributed by atoms with Gasteiger partial charge in [0.15, 0.2) is 0 Å². The molecule has 0 bridgehead atoms. The summed E-state index contributed by atoms with van der Waals surface area (Å²) >= 11 is 0. The van der Waals surface area contributed by atoms with Crippen molar-refractivity contribution in [1.29, 1.82) is 0 Å². The molecule has 2 rings (SSSR count). The van der Waals surface area contributed by atoms with Gasteiger partial charge in [-0.25, -0.2) is 28.1 Å². The average Bonchev–Trinajstić information content (AvgIpc) is 2.98. The second-order valence-corrected chi connectivity index (χ2v) is 11.0. The van der Waals surface area contributed by atoms with Gasteiger partial charge in [0.1, 0.15) is 24.9 Å². The molecule has 1 heterocycles. The molecule has 8 atom stereocenters. The monoisotopic (exact) mass is 661 g/mol. The van der Waals surface area contributed by atoms with Crippen LogP contribution in [0.1, 0.15) is 27.2 Å². The number of carbonyl (C=O) groups is 4. The van der Waals surface area contributed by atoms with Gasteiger partial charge in [-0.1, -0.05) is 6.92 Å². The number of esters is 4. The molecule has 0 amide bonds. The Bertz CT molecular complexity index is 1420. The highest BCUT2D eigenvalue weighted by Gasteiger charge is 2.66. The highest BCUT2D eigenvalue weighted by molar-refractivity contribution is 5.97. The van der Waals surface area contributed by atoms with Crippen molar-refractivity contribution in [2.24, 2.45) is 30.7 Å². The summed E-state index contributed by atoms with van der Waals surface area (Å²) in [6.45, 7) is 2.70. The van der Waals surface area contributed by atoms with Crippen LogP contribution >= 0.6 is 0 Å². The Labute approximate surface area is 263 Å². The fourth-order valence-electron chi connectivity index (χ4n) is 5.09. The van der Waals surface area contributed by atoms with Crippen LogP contribution in [-0.2, 0) is 67.7 Å². The molecule has 1 aromatic heterocycles. The van der Waals surface area contributed by atoms with Crippen molar-refractivity contribution in [3.8, 4) is 0 Å². The zero-order chi connectivity index (χ0) is 34.9. The molecule has 0 aliphatic heterocycles. The Morgan fingerprint density at radius 1 is 0.674 bits per heavy atom. The van der Waals surface area contributed by atoms with Crippen LogP contribution in [0.2, 0.25) is 0 Å². The first kappa shape index (κ1) is 38.3. The summed E-state index contributed by atoms with van der Waals surface area (Å²) in [6, 6.07) is 0. The van der Waals surface area contributed by atoms with Crippen LogP contribution in [0.5, 0.6) is 0 Å². The number of ether oxygens (including phenoxy) is 6. The standard InChI is InChI=1S/C28H43N3O15/c1-8-16(32)9-30-26(38)29(4)27(39)31(28(30)40)10-17(33)13-44-23(35)19-18(22(34)43-7)20(24(36)45-14(2)11-41-5)21(19)25(37)46-15(3)12-42-6/h14-21,32-33H,8-13H2,1-7H3. The predicted molar refractivity (Wildman–Crippen MR) is 154 cm³/mol. The lowest BCUT2D eigenvalue weighted by Crippen LogP contribution is -2.61. The first-order valence-electron chi connectivity index (χ1n) is 14.5. The second-order valence-electron chi connectivity index (χ2n) is 11.0. The van der Waals surface area contributed by atoms with E-state index in [4.69, 9.17) is 28.4 Å². The van der Waals surface area contributed by atoms with E-state index in [-0.39, 0.29) is 19.6 Å². The predicted octanol–water partition coefficient (Wildman–Crippen LogP) is -2.81. The third-order valence-corrected chi connectivity index (χ3v) is 7.45. The number of hydrogen-bond acceptors (Lipinski definition) is 15. The highest BCUT2D eigenvalue weighted by atomic mass is 16.6. The summed E-state index contributed by atoms with van der Waals surface area (Å²) in [5.74, 6) is -10.3. The first-order valence-corrected chi connectivity index (χ1v) is 14.5. The van der Waals surface area contributed by atoms with E-state index in [0.717, 1.165) is 14.2 Å². The van der Waals surface area contributed by atoms with Crippen LogP contribution in [0.15, 0.2) is 14.4 Å². The molecular weight excluding hydrogens is 618 g/mol. The SMILES string of the molecule is CCC(O)Cn1c(=O)n(C)c(=O)n(CC(O)COC(=O)C2C(C(=O)OC)C(C(=O)OC(C)COC)C2C(=O)OC(C)COC)c1=O. The van der Waals surface area contributed by atoms with Crippen molar-refractivity contribution in [2.45, 2.75) is 64.7 Å². The topological polar surface area (TPSA) is 230 Å². The third kappa shape index (κ3) is 8.89. The number of hydrogen-bond donors (Lipinski definition) is 2. The van der Waals surface area contributed by atoms with E-state index in [1.165, 1.54) is 28.1 Å². The number of aromatic nitrogens is 3. The van der Waals surface area contributed by atoms with Crippen LogP contribution < -0.4 is 17.1 Å². The quantitative estimate of drug-likeness (QED) is 0.127. The molecule has 18 heteroatoms. The average molecular weight is 662 g/mol. The number of aliphatic hydroxyl groups is 2. The molecule has 1 aliphatic rings. The lowest BCUT2D eigenvalue weighted by molar-refractivity contribution is -0.204. The third-order valence-electron chi connectivity index (χ3n) is 7.45. The molecular formula is C28H43N3O15. The maximum Gasteiger partial charge on any atom is 0.336 e. The van der Waals surface area contributed by atoms with E-state index in [2.05, 4.69) is 0 Å². The Morgan fingerprint density at radius 3 is 1.50 bits per heavy atom. The molecule has 1 saturated carbocycles. The van der Waals surface area contributed by atoms with E-state index in [9.17, 15) is 43.8 Å². The first-order chi connectivity index (χ1) is 21.6. The molecule has 0 radical (unpaired) electrons. The minimum absolute atomic E-state index is 0.00756. The lowest BCUT2D eigenvalue weighted by Gasteiger charge is -2.45. The van der Waals surface area contributed by atoms with Crippen LogP contribution in [0.3, 0.4) is 0 Å². The molecule has 1 aliphatic carbocycles. The number of methoxy groups -OCH3 is 3. The summed E-state index contributed by atoms with van der Waals surface area (Å²) < 4.78 is 32.4. The molecule has 0 aromatic carbocycles. The van der Waals surface area contributed by atoms with E-state index in [0.29, 0.717) is 13.7 Å². The van der Waals surface area contributed by atoms with Crippen molar-refractivity contribution in [3.63, 3.8) is 0 Å². The minimum Gasteiger partial charge on any atom is -0.469 e. The Hall–Kier alpha value is -3.87. The number of aliphatic hydroxyl groups excluding tert-OH is 2. The summed E-state index contributed by atoms with van der Waals surface area (Å²) in [6.07, 6.45) is -4.09. The number of carbonyl (C=O) groups excluding carboxylic acids is 4. The second kappa shape index (κ2) is 17.2. The van der Waals surface area contributed by atoms with Gasteiger partial charge >= 0.3 is 40.9 Å². The van der Waals surface area contributed by atoms with E-state index in [1.54, 1.807) is 6.92 Å². The van der Waals surface area contributed by atoms with Gasteiger partial charge in [0.05, 0.1) is 63.2 Å². The smallest absolute Gasteiger partial charge is 0.336 e. The molecule has 18 nitrogen and oxygen atoms in total. The fraction of sp³-hybridized carbons (Fsp3) is 0.750. The van der Waals surface area contributed by atoms with Gasteiger partial charge in [-0.3, -0.25) is 19.2 Å². The number of nitrogens with zero attached hydrogens (tertiary/aromatic N) is 3. The van der Waals surface area contributed by atoms with E-state index < -0.39 is 109 Å². The lowest BCUT2D eigenvalue weighted by atomic mass is 9.56. The zero-order valence-electron chi connectivity index (χ0n) is 26.9. The van der Waals surface area contributed by atoms with Crippen LogP contribution in [0, 0.1) is 23.7 Å². The molecule has 1 aromatic rings. The summed E-state index contributed by atoms with van der Waals surface area (Å²) in [5.41, 5.74) is -3.14. The van der Waals surface area contributed by atoms with E-state index in [1.807, 2.05) is 0 Å². The van der Waals surface area contributed by atoms with Crippen molar-refractivity contribution >= 4 is 23.9 Å². The molecule has 8 unspecified atom stereocenters. The molecule has 46 heavy (non-hydrogen) atoms. The van der Waals surface area contributed by atoms with Crippen molar-refractivity contribution in [1.82, 2.24) is 13.7 Å². The van der Waals surface area contributed by atoms with Gasteiger partial charge in [-0.2, -0.15) is 0 Å².